The number of benzene rings is 2. The van der Waals surface area contributed by atoms with Crippen LogP contribution in [0.3, 0.4) is 0 Å². The van der Waals surface area contributed by atoms with Crippen LogP contribution in [0.5, 0.6) is 0 Å². The second-order valence-corrected chi connectivity index (χ2v) is 12.5. The van der Waals surface area contributed by atoms with Crippen molar-refractivity contribution in [2.75, 3.05) is 25.5 Å². The summed E-state index contributed by atoms with van der Waals surface area (Å²) in [4.78, 5) is 41.0. The number of nitrogens with zero attached hydrogens (tertiary/aromatic N) is 1. The summed E-state index contributed by atoms with van der Waals surface area (Å²) in [5.41, 5.74) is 2.96. The molecule has 202 valence electrons. The number of carbonyl (C=O) groups is 3. The number of nitrogens with one attached hydrogen (secondary N) is 2. The van der Waals surface area contributed by atoms with E-state index in [-0.39, 0.29) is 48.7 Å². The van der Waals surface area contributed by atoms with E-state index in [9.17, 15) is 22.8 Å². The van der Waals surface area contributed by atoms with Crippen molar-refractivity contribution in [2.45, 2.75) is 37.0 Å². The first-order valence-corrected chi connectivity index (χ1v) is 14.7. The van der Waals surface area contributed by atoms with E-state index in [2.05, 4.69) is 15.6 Å². The van der Waals surface area contributed by atoms with Crippen molar-refractivity contribution in [2.24, 2.45) is 0 Å². The summed E-state index contributed by atoms with van der Waals surface area (Å²) < 4.78 is 26.9. The predicted octanol–water partition coefficient (Wildman–Crippen LogP) is 1.30. The lowest BCUT2D eigenvalue weighted by atomic mass is 10.0. The summed E-state index contributed by atoms with van der Waals surface area (Å²) in [6.07, 6.45) is 1.89. The molecular formula is C26H29N3O7S2. The Morgan fingerprint density at radius 3 is 2.42 bits per heavy atom. The van der Waals surface area contributed by atoms with Gasteiger partial charge in [-0.25, -0.2) is 13.4 Å². The third kappa shape index (κ3) is 7.01. The molecule has 1 aliphatic carbocycles. The maximum Gasteiger partial charge on any atom is 0.245 e. The normalized spacial score (nSPS) is 14.3. The Labute approximate surface area is 224 Å². The van der Waals surface area contributed by atoms with Crippen molar-refractivity contribution in [3.05, 3.63) is 53.0 Å². The van der Waals surface area contributed by atoms with Gasteiger partial charge in [-0.2, -0.15) is 0 Å². The molecule has 10 nitrogen and oxygen atoms in total. The number of amides is 2. The van der Waals surface area contributed by atoms with Crippen LogP contribution in [0.15, 0.2) is 42.5 Å². The molecule has 1 aliphatic rings. The van der Waals surface area contributed by atoms with Crippen LogP contribution in [0.1, 0.15) is 35.1 Å². The number of fused-ring (bicyclic) bond motifs is 1. The fourth-order valence-electron chi connectivity index (χ4n) is 3.91. The Kier molecular flexibility index (Phi) is 8.87. The highest BCUT2D eigenvalue weighted by Gasteiger charge is 2.37. The lowest BCUT2D eigenvalue weighted by molar-refractivity contribution is -0.126. The number of aliphatic hydroxyl groups excluding tert-OH is 2. The minimum Gasteiger partial charge on any atom is -0.396 e. The van der Waals surface area contributed by atoms with Crippen LogP contribution in [-0.2, 0) is 30.6 Å². The fourth-order valence-corrected chi connectivity index (χ4v) is 6.96. The molecule has 1 atom stereocenters. The summed E-state index contributed by atoms with van der Waals surface area (Å²) >= 11 is 1.09. The van der Waals surface area contributed by atoms with Gasteiger partial charge in [0.05, 0.1) is 22.5 Å². The van der Waals surface area contributed by atoms with Gasteiger partial charge in [-0.05, 0) is 48.1 Å². The van der Waals surface area contributed by atoms with Crippen molar-refractivity contribution in [1.82, 2.24) is 15.6 Å². The summed E-state index contributed by atoms with van der Waals surface area (Å²) in [6, 6.07) is 12.8. The Balaban J connectivity index is 1.58. The average Bonchev–Trinajstić information content (AvgIpc) is 3.61. The quantitative estimate of drug-likeness (QED) is 0.244. The average molecular weight is 560 g/mol. The molecule has 38 heavy (non-hydrogen) atoms. The van der Waals surface area contributed by atoms with Gasteiger partial charge in [-0.1, -0.05) is 30.3 Å². The van der Waals surface area contributed by atoms with Gasteiger partial charge >= 0.3 is 0 Å². The lowest BCUT2D eigenvalue weighted by Gasteiger charge is -2.15. The monoisotopic (exact) mass is 559 g/mol. The van der Waals surface area contributed by atoms with Crippen LogP contribution in [0.25, 0.3) is 21.3 Å². The van der Waals surface area contributed by atoms with Crippen LogP contribution in [0.4, 0.5) is 0 Å². The van der Waals surface area contributed by atoms with E-state index in [1.807, 2.05) is 18.2 Å². The number of sulfone groups is 1. The first kappa shape index (κ1) is 27.8. The Morgan fingerprint density at radius 1 is 1.05 bits per heavy atom. The van der Waals surface area contributed by atoms with Crippen molar-refractivity contribution in [1.29, 1.82) is 0 Å². The van der Waals surface area contributed by atoms with Crippen molar-refractivity contribution in [3.8, 4) is 11.1 Å². The van der Waals surface area contributed by atoms with Crippen LogP contribution in [0, 0.1) is 0 Å². The largest absolute Gasteiger partial charge is 0.396 e. The van der Waals surface area contributed by atoms with Gasteiger partial charge in [0.25, 0.3) is 0 Å². The molecule has 0 radical (unpaired) electrons. The maximum atomic E-state index is 13.1. The first-order valence-electron chi connectivity index (χ1n) is 12.2. The molecule has 4 rings (SSSR count). The van der Waals surface area contributed by atoms with E-state index in [4.69, 9.17) is 10.2 Å². The van der Waals surface area contributed by atoms with Gasteiger partial charge in [-0.15, -0.1) is 11.3 Å². The number of thiazole rings is 1. The number of Topliss-reactive ketones (excluding diaryl/α,β-unsaturated/α-hetero) is 1. The van der Waals surface area contributed by atoms with Crippen molar-refractivity contribution in [3.63, 3.8) is 0 Å². The van der Waals surface area contributed by atoms with Crippen LogP contribution in [-0.4, -0.2) is 72.8 Å². The number of aliphatic hydroxyl groups is 2. The smallest absolute Gasteiger partial charge is 0.245 e. The number of ketones is 1. The van der Waals surface area contributed by atoms with E-state index >= 15 is 0 Å². The van der Waals surface area contributed by atoms with E-state index in [0.29, 0.717) is 10.2 Å². The minimum atomic E-state index is -4.02. The summed E-state index contributed by atoms with van der Waals surface area (Å²) in [7, 11) is -4.02. The minimum absolute atomic E-state index is 0.0246. The Hall–Kier alpha value is -3.19. The second kappa shape index (κ2) is 12.1. The molecule has 2 aromatic carbocycles. The second-order valence-electron chi connectivity index (χ2n) is 9.19. The van der Waals surface area contributed by atoms with Crippen molar-refractivity contribution >= 4 is 49.0 Å². The van der Waals surface area contributed by atoms with E-state index in [1.165, 1.54) is 0 Å². The van der Waals surface area contributed by atoms with E-state index in [1.54, 1.807) is 24.3 Å². The highest BCUT2D eigenvalue weighted by molar-refractivity contribution is 7.92. The topological polar surface area (TPSA) is 163 Å². The number of rotatable bonds is 13. The predicted molar refractivity (Wildman–Crippen MR) is 143 cm³/mol. The lowest BCUT2D eigenvalue weighted by Crippen LogP contribution is -2.41. The molecular weight excluding hydrogens is 530 g/mol. The third-order valence-corrected chi connectivity index (χ3v) is 9.31. The molecule has 0 saturated heterocycles. The summed E-state index contributed by atoms with van der Waals surface area (Å²) in [5, 5.41) is 21.8. The summed E-state index contributed by atoms with van der Waals surface area (Å²) in [6.45, 7) is -1.18. The van der Waals surface area contributed by atoms with Crippen molar-refractivity contribution < 1.29 is 33.0 Å². The molecule has 0 bridgehead atoms. The molecule has 1 unspecified atom stereocenters. The molecule has 0 aliphatic heterocycles. The van der Waals surface area contributed by atoms with Gasteiger partial charge in [0.1, 0.15) is 11.6 Å². The molecule has 3 aromatic rings. The fraction of sp³-hybridized carbons (Fsp3) is 0.385. The number of aromatic nitrogens is 1. The van der Waals surface area contributed by atoms with Gasteiger partial charge in [0, 0.05) is 19.1 Å². The zero-order valence-electron chi connectivity index (χ0n) is 20.6. The van der Waals surface area contributed by atoms with Crippen LogP contribution >= 0.6 is 11.3 Å². The maximum absolute atomic E-state index is 13.1. The first-order chi connectivity index (χ1) is 18.2. The zero-order chi connectivity index (χ0) is 27.3. The van der Waals surface area contributed by atoms with Gasteiger partial charge in [0.15, 0.2) is 20.9 Å². The van der Waals surface area contributed by atoms with E-state index < -0.39 is 33.4 Å². The molecule has 1 aromatic heterocycles. The summed E-state index contributed by atoms with van der Waals surface area (Å²) in [5.74, 6) is -1.89. The molecule has 12 heteroatoms. The van der Waals surface area contributed by atoms with Crippen LogP contribution < -0.4 is 10.6 Å². The standard InChI is InChI=1S/C26H29N3O7S2/c30-10-1-11-38(35,36)24(25(34)27-14-23(33)28-19-7-8-19)26-29-21-13-18(6-9-22(21)37-26)17-4-2-16(3-5-17)12-20(32)15-31/h2-6,9,13,19,24,30-31H,1,7-8,10-12,14-15H2,(H,27,34)(H,28,33). The highest BCUT2D eigenvalue weighted by Crippen LogP contribution is 2.34. The number of hydrogen-bond acceptors (Lipinski definition) is 9. The van der Waals surface area contributed by atoms with E-state index in [0.717, 1.165) is 40.9 Å². The van der Waals surface area contributed by atoms with Crippen LogP contribution in [0.2, 0.25) is 0 Å². The number of carbonyl (C=O) groups excluding carboxylic acids is 3. The Bertz CT molecular complexity index is 1430. The van der Waals surface area contributed by atoms with Gasteiger partial charge < -0.3 is 20.8 Å². The number of hydrogen-bond donors (Lipinski definition) is 4. The highest BCUT2D eigenvalue weighted by atomic mass is 32.2. The molecule has 4 N–H and O–H groups in total. The van der Waals surface area contributed by atoms with Gasteiger partial charge in [0.2, 0.25) is 11.8 Å². The Morgan fingerprint density at radius 2 is 1.76 bits per heavy atom. The SMILES string of the molecule is O=C(CO)Cc1ccc(-c2ccc3sc(C(C(=O)NCC(=O)NC4CC4)S(=O)(=O)CCCO)nc3c2)cc1. The molecule has 0 spiro atoms. The molecule has 1 heterocycles. The molecule has 1 saturated carbocycles. The molecule has 1 fully saturated rings. The zero-order valence-corrected chi connectivity index (χ0v) is 22.2. The van der Waals surface area contributed by atoms with Gasteiger partial charge in [-0.3, -0.25) is 14.4 Å². The third-order valence-electron chi connectivity index (χ3n) is 6.04. The molecule has 2 amide bonds.